The zero-order chi connectivity index (χ0) is 13.0. The molecule has 0 saturated carbocycles. The van der Waals surface area contributed by atoms with Gasteiger partial charge >= 0.3 is 0 Å². The largest absolute Gasteiger partial charge is 0.484 e. The summed E-state index contributed by atoms with van der Waals surface area (Å²) in [7, 11) is 0. The minimum Gasteiger partial charge on any atom is -0.484 e. The SMILES string of the molecule is Cc1ccc(OCC(=O)N2CCCCC2)cc1C. The van der Waals surface area contributed by atoms with Gasteiger partial charge in [-0.2, -0.15) is 0 Å². The molecule has 1 saturated heterocycles. The topological polar surface area (TPSA) is 29.5 Å². The van der Waals surface area contributed by atoms with E-state index in [1.54, 1.807) is 0 Å². The third-order valence-corrected chi connectivity index (χ3v) is 3.55. The van der Waals surface area contributed by atoms with Gasteiger partial charge in [-0.25, -0.2) is 0 Å². The van der Waals surface area contributed by atoms with Gasteiger partial charge in [0, 0.05) is 13.1 Å². The summed E-state index contributed by atoms with van der Waals surface area (Å²) in [5.74, 6) is 0.886. The molecule has 3 nitrogen and oxygen atoms in total. The first-order valence-electron chi connectivity index (χ1n) is 6.64. The standard InChI is InChI=1S/C15H21NO2/c1-12-6-7-14(10-13(12)2)18-11-15(17)16-8-4-3-5-9-16/h6-7,10H,3-5,8-9,11H2,1-2H3. The van der Waals surface area contributed by atoms with E-state index in [1.165, 1.54) is 17.5 Å². The van der Waals surface area contributed by atoms with Gasteiger partial charge in [0.2, 0.25) is 0 Å². The second kappa shape index (κ2) is 5.89. The minimum absolute atomic E-state index is 0.105. The van der Waals surface area contributed by atoms with Gasteiger partial charge in [0.1, 0.15) is 5.75 Å². The average molecular weight is 247 g/mol. The number of piperidine rings is 1. The predicted octanol–water partition coefficient (Wildman–Crippen LogP) is 2.69. The van der Waals surface area contributed by atoms with Gasteiger partial charge in [-0.05, 0) is 56.4 Å². The fourth-order valence-corrected chi connectivity index (χ4v) is 2.18. The van der Waals surface area contributed by atoms with Crippen LogP contribution in [0.5, 0.6) is 5.75 Å². The van der Waals surface area contributed by atoms with Crippen LogP contribution in [0.1, 0.15) is 30.4 Å². The van der Waals surface area contributed by atoms with Gasteiger partial charge < -0.3 is 9.64 Å². The number of nitrogens with zero attached hydrogens (tertiary/aromatic N) is 1. The lowest BCUT2D eigenvalue weighted by Crippen LogP contribution is -2.38. The molecule has 18 heavy (non-hydrogen) atoms. The molecule has 98 valence electrons. The third-order valence-electron chi connectivity index (χ3n) is 3.55. The molecule has 1 heterocycles. The fraction of sp³-hybridized carbons (Fsp3) is 0.533. The summed E-state index contributed by atoms with van der Waals surface area (Å²) in [6, 6.07) is 5.93. The lowest BCUT2D eigenvalue weighted by Gasteiger charge is -2.26. The van der Waals surface area contributed by atoms with Crippen LogP contribution in [0.15, 0.2) is 18.2 Å². The number of ether oxygens (including phenoxy) is 1. The number of hydrogen-bond acceptors (Lipinski definition) is 2. The highest BCUT2D eigenvalue weighted by atomic mass is 16.5. The number of amides is 1. The predicted molar refractivity (Wildman–Crippen MR) is 71.8 cm³/mol. The molecule has 0 spiro atoms. The van der Waals surface area contributed by atoms with Gasteiger partial charge in [0.05, 0.1) is 0 Å². The van der Waals surface area contributed by atoms with Gasteiger partial charge in [-0.1, -0.05) is 6.07 Å². The van der Waals surface area contributed by atoms with Crippen molar-refractivity contribution >= 4 is 5.91 Å². The van der Waals surface area contributed by atoms with E-state index < -0.39 is 0 Å². The second-order valence-electron chi connectivity index (χ2n) is 4.98. The van der Waals surface area contributed by atoms with E-state index in [0.29, 0.717) is 0 Å². The molecule has 1 amide bonds. The average Bonchev–Trinajstić information content (AvgIpc) is 2.41. The van der Waals surface area contributed by atoms with Crippen LogP contribution >= 0.6 is 0 Å². The van der Waals surface area contributed by atoms with Crippen molar-refractivity contribution in [1.29, 1.82) is 0 Å². The zero-order valence-corrected chi connectivity index (χ0v) is 11.2. The molecule has 1 aliphatic heterocycles. The third kappa shape index (κ3) is 3.25. The maximum Gasteiger partial charge on any atom is 0.260 e. The van der Waals surface area contributed by atoms with Crippen LogP contribution in [0, 0.1) is 13.8 Å². The maximum absolute atomic E-state index is 11.9. The van der Waals surface area contributed by atoms with Crippen molar-refractivity contribution < 1.29 is 9.53 Å². The highest BCUT2D eigenvalue weighted by Gasteiger charge is 2.16. The van der Waals surface area contributed by atoms with Crippen LogP contribution in [0.2, 0.25) is 0 Å². The normalized spacial score (nSPS) is 15.6. The molecule has 0 aliphatic carbocycles. The summed E-state index contributed by atoms with van der Waals surface area (Å²) in [4.78, 5) is 13.8. The maximum atomic E-state index is 11.9. The Kier molecular flexibility index (Phi) is 4.24. The molecular formula is C15H21NO2. The summed E-state index contributed by atoms with van der Waals surface area (Å²) in [5, 5.41) is 0. The molecule has 0 atom stereocenters. The lowest BCUT2D eigenvalue weighted by molar-refractivity contribution is -0.134. The molecule has 0 aromatic heterocycles. The van der Waals surface area contributed by atoms with E-state index in [1.807, 2.05) is 23.1 Å². The van der Waals surface area contributed by atoms with Crippen LogP contribution < -0.4 is 4.74 Å². The van der Waals surface area contributed by atoms with Crippen LogP contribution in [-0.4, -0.2) is 30.5 Å². The van der Waals surface area contributed by atoms with Crippen LogP contribution in [0.25, 0.3) is 0 Å². The Labute approximate surface area is 109 Å². The smallest absolute Gasteiger partial charge is 0.260 e. The molecule has 0 bridgehead atoms. The Morgan fingerprint density at radius 3 is 2.56 bits per heavy atom. The van der Waals surface area contributed by atoms with E-state index in [4.69, 9.17) is 4.74 Å². The van der Waals surface area contributed by atoms with Crippen LogP contribution in [0.4, 0.5) is 0 Å². The molecular weight excluding hydrogens is 226 g/mol. The van der Waals surface area contributed by atoms with Gasteiger partial charge in [-0.3, -0.25) is 4.79 Å². The van der Waals surface area contributed by atoms with Crippen molar-refractivity contribution in [3.8, 4) is 5.75 Å². The molecule has 0 N–H and O–H groups in total. The van der Waals surface area contributed by atoms with Crippen molar-refractivity contribution in [2.45, 2.75) is 33.1 Å². The summed E-state index contributed by atoms with van der Waals surface area (Å²) in [6.07, 6.45) is 3.48. The molecule has 1 aliphatic rings. The van der Waals surface area contributed by atoms with Crippen molar-refractivity contribution in [2.24, 2.45) is 0 Å². The van der Waals surface area contributed by atoms with Crippen LogP contribution in [-0.2, 0) is 4.79 Å². The monoisotopic (exact) mass is 247 g/mol. The number of aryl methyl sites for hydroxylation is 2. The van der Waals surface area contributed by atoms with Crippen molar-refractivity contribution in [1.82, 2.24) is 4.90 Å². The van der Waals surface area contributed by atoms with E-state index in [2.05, 4.69) is 13.8 Å². The first kappa shape index (κ1) is 12.9. The summed E-state index contributed by atoms with van der Waals surface area (Å²) >= 11 is 0. The zero-order valence-electron chi connectivity index (χ0n) is 11.2. The Morgan fingerprint density at radius 1 is 1.17 bits per heavy atom. The molecule has 1 aromatic rings. The van der Waals surface area contributed by atoms with Crippen molar-refractivity contribution in [2.75, 3.05) is 19.7 Å². The Bertz CT molecular complexity index is 423. The summed E-state index contributed by atoms with van der Waals surface area (Å²) in [5.41, 5.74) is 2.43. The highest BCUT2D eigenvalue weighted by Crippen LogP contribution is 2.16. The lowest BCUT2D eigenvalue weighted by atomic mass is 10.1. The van der Waals surface area contributed by atoms with Gasteiger partial charge in [0.15, 0.2) is 6.61 Å². The fourth-order valence-electron chi connectivity index (χ4n) is 2.18. The molecule has 1 aromatic carbocycles. The minimum atomic E-state index is 0.105. The van der Waals surface area contributed by atoms with E-state index in [0.717, 1.165) is 31.7 Å². The Morgan fingerprint density at radius 2 is 1.89 bits per heavy atom. The van der Waals surface area contributed by atoms with Crippen LogP contribution in [0.3, 0.4) is 0 Å². The number of carbonyl (C=O) groups is 1. The first-order chi connectivity index (χ1) is 8.66. The number of carbonyl (C=O) groups excluding carboxylic acids is 1. The highest BCUT2D eigenvalue weighted by molar-refractivity contribution is 5.77. The summed E-state index contributed by atoms with van der Waals surface area (Å²) in [6.45, 7) is 6.04. The van der Waals surface area contributed by atoms with E-state index in [-0.39, 0.29) is 12.5 Å². The second-order valence-corrected chi connectivity index (χ2v) is 4.98. The first-order valence-corrected chi connectivity index (χ1v) is 6.64. The number of hydrogen-bond donors (Lipinski definition) is 0. The Balaban J connectivity index is 1.86. The number of benzene rings is 1. The molecule has 2 rings (SSSR count). The molecule has 1 fully saturated rings. The molecule has 0 unspecified atom stereocenters. The van der Waals surface area contributed by atoms with Crippen molar-refractivity contribution in [3.63, 3.8) is 0 Å². The quantitative estimate of drug-likeness (QED) is 0.822. The van der Waals surface area contributed by atoms with E-state index in [9.17, 15) is 4.79 Å². The van der Waals surface area contributed by atoms with Gasteiger partial charge in [0.25, 0.3) is 5.91 Å². The van der Waals surface area contributed by atoms with Crippen molar-refractivity contribution in [3.05, 3.63) is 29.3 Å². The Hall–Kier alpha value is -1.51. The number of rotatable bonds is 3. The summed E-state index contributed by atoms with van der Waals surface area (Å²) < 4.78 is 5.57. The van der Waals surface area contributed by atoms with E-state index >= 15 is 0 Å². The molecule has 3 heteroatoms. The molecule has 0 radical (unpaired) electrons. The number of likely N-dealkylation sites (tertiary alicyclic amines) is 1. The van der Waals surface area contributed by atoms with Gasteiger partial charge in [-0.15, -0.1) is 0 Å².